The van der Waals surface area contributed by atoms with Crippen molar-refractivity contribution in [2.45, 2.75) is 56.5 Å². The highest BCUT2D eigenvalue weighted by Crippen LogP contribution is 2.28. The summed E-state index contributed by atoms with van der Waals surface area (Å²) in [5.74, 6) is 1.22. The Morgan fingerprint density at radius 1 is 1.17 bits per heavy atom. The molecular formula is C23H28N2O4S. The van der Waals surface area contributed by atoms with Crippen LogP contribution in [0.3, 0.4) is 0 Å². The molecule has 0 bridgehead atoms. The number of aromatic nitrogens is 1. The van der Waals surface area contributed by atoms with Crippen molar-refractivity contribution in [1.82, 2.24) is 10.3 Å². The smallest absolute Gasteiger partial charge is 0.337 e. The predicted octanol–water partition coefficient (Wildman–Crippen LogP) is 5.23. The van der Waals surface area contributed by atoms with E-state index in [1.807, 2.05) is 0 Å². The van der Waals surface area contributed by atoms with E-state index >= 15 is 0 Å². The highest BCUT2D eigenvalue weighted by molar-refractivity contribution is 7.99. The van der Waals surface area contributed by atoms with Gasteiger partial charge in [0.25, 0.3) is 5.91 Å². The third-order valence-electron chi connectivity index (χ3n) is 4.94. The van der Waals surface area contributed by atoms with Crippen LogP contribution in [0.4, 0.5) is 0 Å². The Labute approximate surface area is 181 Å². The summed E-state index contributed by atoms with van der Waals surface area (Å²) in [6.07, 6.45) is 6.62. The number of thioether (sulfide) groups is 1. The van der Waals surface area contributed by atoms with Crippen molar-refractivity contribution < 1.29 is 19.1 Å². The average Bonchev–Trinajstić information content (AvgIpc) is 2.78. The number of esters is 1. The normalized spacial score (nSPS) is 14.2. The van der Waals surface area contributed by atoms with Crippen molar-refractivity contribution in [1.29, 1.82) is 0 Å². The first-order valence-corrected chi connectivity index (χ1v) is 11.4. The molecule has 6 nitrogen and oxygen atoms in total. The fourth-order valence-corrected chi connectivity index (χ4v) is 4.27. The largest absolute Gasteiger partial charge is 0.465 e. The molecule has 0 unspecified atom stereocenters. The van der Waals surface area contributed by atoms with Crippen molar-refractivity contribution in [3.63, 3.8) is 0 Å². The first-order valence-electron chi connectivity index (χ1n) is 10.4. The molecule has 1 aliphatic rings. The van der Waals surface area contributed by atoms with E-state index in [2.05, 4.69) is 17.2 Å². The number of methoxy groups -OCH3 is 1. The zero-order valence-corrected chi connectivity index (χ0v) is 18.3. The van der Waals surface area contributed by atoms with Gasteiger partial charge in [0.15, 0.2) is 0 Å². The van der Waals surface area contributed by atoms with Gasteiger partial charge in [-0.3, -0.25) is 4.79 Å². The molecule has 7 heteroatoms. The third kappa shape index (κ3) is 5.98. The van der Waals surface area contributed by atoms with Crippen LogP contribution in [-0.2, 0) is 4.74 Å². The third-order valence-corrected chi connectivity index (χ3v) is 6.14. The molecule has 0 spiro atoms. The lowest BCUT2D eigenvalue weighted by molar-refractivity contribution is 0.0600. The Morgan fingerprint density at radius 2 is 1.97 bits per heavy atom. The summed E-state index contributed by atoms with van der Waals surface area (Å²) >= 11 is 1.55. The number of rotatable bonds is 8. The molecule has 1 heterocycles. The number of carbonyl (C=O) groups is 2. The number of pyridine rings is 1. The second kappa shape index (κ2) is 11.0. The van der Waals surface area contributed by atoms with E-state index in [-0.39, 0.29) is 11.9 Å². The Kier molecular flexibility index (Phi) is 8.13. The van der Waals surface area contributed by atoms with Crippen molar-refractivity contribution in [2.75, 3.05) is 12.9 Å². The molecule has 30 heavy (non-hydrogen) atoms. The van der Waals surface area contributed by atoms with Crippen LogP contribution in [0.1, 0.15) is 66.2 Å². The average molecular weight is 429 g/mol. The maximum atomic E-state index is 12.9. The van der Waals surface area contributed by atoms with Gasteiger partial charge in [0.1, 0.15) is 10.8 Å². The Balaban J connectivity index is 1.78. The molecule has 1 aromatic heterocycles. The lowest BCUT2D eigenvalue weighted by Gasteiger charge is -2.23. The summed E-state index contributed by atoms with van der Waals surface area (Å²) in [5.41, 5.74) is 0.980. The summed E-state index contributed by atoms with van der Waals surface area (Å²) in [4.78, 5) is 29.2. The number of nitrogens with one attached hydrogen (secondary N) is 1. The lowest BCUT2D eigenvalue weighted by atomic mass is 9.95. The maximum absolute atomic E-state index is 12.9. The van der Waals surface area contributed by atoms with E-state index < -0.39 is 5.97 Å². The first kappa shape index (κ1) is 22.2. The summed E-state index contributed by atoms with van der Waals surface area (Å²) in [6, 6.07) is 10.4. The molecular weight excluding hydrogens is 400 g/mol. The van der Waals surface area contributed by atoms with E-state index in [0.29, 0.717) is 27.8 Å². The van der Waals surface area contributed by atoms with Crippen LogP contribution in [-0.4, -0.2) is 35.8 Å². The van der Waals surface area contributed by atoms with Crippen molar-refractivity contribution >= 4 is 23.6 Å². The van der Waals surface area contributed by atoms with Gasteiger partial charge in [-0.15, -0.1) is 11.8 Å². The predicted molar refractivity (Wildman–Crippen MR) is 117 cm³/mol. The SMILES string of the molecule is CCCSc1nc(Oc2cccc(C(=O)OC)c2)ccc1C(=O)NC1CCCCC1. The molecule has 1 fully saturated rings. The van der Waals surface area contributed by atoms with Crippen LogP contribution in [0.5, 0.6) is 11.6 Å². The van der Waals surface area contributed by atoms with Gasteiger partial charge in [-0.05, 0) is 49.3 Å². The molecule has 0 atom stereocenters. The summed E-state index contributed by atoms with van der Waals surface area (Å²) in [5, 5.41) is 3.82. The van der Waals surface area contributed by atoms with Crippen LogP contribution in [0.15, 0.2) is 41.4 Å². The maximum Gasteiger partial charge on any atom is 0.337 e. The van der Waals surface area contributed by atoms with Gasteiger partial charge in [-0.1, -0.05) is 32.3 Å². The minimum Gasteiger partial charge on any atom is -0.465 e. The van der Waals surface area contributed by atoms with Gasteiger partial charge in [0.05, 0.1) is 18.2 Å². The van der Waals surface area contributed by atoms with E-state index in [1.54, 1.807) is 48.2 Å². The molecule has 0 radical (unpaired) electrons. The summed E-state index contributed by atoms with van der Waals surface area (Å²) in [6.45, 7) is 2.09. The molecule has 1 aromatic carbocycles. The molecule has 3 rings (SSSR count). The van der Waals surface area contributed by atoms with Crippen LogP contribution < -0.4 is 10.1 Å². The standard InChI is InChI=1S/C23H28N2O4S/c1-3-14-30-22-19(21(26)24-17-9-5-4-6-10-17)12-13-20(25-22)29-18-11-7-8-16(15-18)23(27)28-2/h7-8,11-13,15,17H,3-6,9-10,14H2,1-2H3,(H,24,26). The minimum atomic E-state index is -0.428. The zero-order valence-electron chi connectivity index (χ0n) is 17.5. The molecule has 1 saturated carbocycles. The highest BCUT2D eigenvalue weighted by Gasteiger charge is 2.20. The number of ether oxygens (including phenoxy) is 2. The molecule has 2 aromatic rings. The molecule has 0 aliphatic heterocycles. The van der Waals surface area contributed by atoms with Gasteiger partial charge in [0, 0.05) is 12.1 Å². The molecule has 1 N–H and O–H groups in total. The fourth-order valence-electron chi connectivity index (χ4n) is 3.40. The number of hydrogen-bond donors (Lipinski definition) is 1. The fraction of sp³-hybridized carbons (Fsp3) is 0.435. The van der Waals surface area contributed by atoms with Crippen LogP contribution >= 0.6 is 11.8 Å². The molecule has 1 amide bonds. The number of benzene rings is 1. The number of nitrogens with zero attached hydrogens (tertiary/aromatic N) is 1. The van der Waals surface area contributed by atoms with Gasteiger partial charge in [-0.2, -0.15) is 0 Å². The lowest BCUT2D eigenvalue weighted by Crippen LogP contribution is -2.36. The van der Waals surface area contributed by atoms with E-state index in [0.717, 1.165) is 37.9 Å². The number of hydrogen-bond acceptors (Lipinski definition) is 6. The Hall–Kier alpha value is -2.54. The van der Waals surface area contributed by atoms with Crippen molar-refractivity contribution in [3.8, 4) is 11.6 Å². The Morgan fingerprint density at radius 3 is 2.70 bits per heavy atom. The minimum absolute atomic E-state index is 0.0766. The van der Waals surface area contributed by atoms with E-state index in [4.69, 9.17) is 9.47 Å². The second-order valence-corrected chi connectivity index (χ2v) is 8.36. The van der Waals surface area contributed by atoms with Crippen LogP contribution in [0.2, 0.25) is 0 Å². The summed E-state index contributed by atoms with van der Waals surface area (Å²) < 4.78 is 10.6. The van der Waals surface area contributed by atoms with E-state index in [1.165, 1.54) is 13.5 Å². The van der Waals surface area contributed by atoms with Crippen molar-refractivity contribution in [2.24, 2.45) is 0 Å². The topological polar surface area (TPSA) is 77.5 Å². The van der Waals surface area contributed by atoms with Gasteiger partial charge in [0.2, 0.25) is 5.88 Å². The Bertz CT molecular complexity index is 881. The quantitative estimate of drug-likeness (QED) is 0.458. The zero-order chi connectivity index (χ0) is 21.3. The first-order chi connectivity index (χ1) is 14.6. The van der Waals surface area contributed by atoms with Crippen molar-refractivity contribution in [3.05, 3.63) is 47.5 Å². The van der Waals surface area contributed by atoms with Crippen LogP contribution in [0.25, 0.3) is 0 Å². The second-order valence-electron chi connectivity index (χ2n) is 7.28. The number of carbonyl (C=O) groups excluding carboxylic acids is 2. The number of amides is 1. The molecule has 1 aliphatic carbocycles. The summed E-state index contributed by atoms with van der Waals surface area (Å²) in [7, 11) is 1.34. The van der Waals surface area contributed by atoms with E-state index in [9.17, 15) is 9.59 Å². The van der Waals surface area contributed by atoms with Crippen LogP contribution in [0, 0.1) is 0 Å². The molecule has 160 valence electrons. The van der Waals surface area contributed by atoms with Gasteiger partial charge >= 0.3 is 5.97 Å². The molecule has 0 saturated heterocycles. The monoisotopic (exact) mass is 428 g/mol. The van der Waals surface area contributed by atoms with Gasteiger partial charge in [-0.25, -0.2) is 9.78 Å². The highest BCUT2D eigenvalue weighted by atomic mass is 32.2. The van der Waals surface area contributed by atoms with Gasteiger partial charge < -0.3 is 14.8 Å².